The van der Waals surface area contributed by atoms with Crippen LogP contribution >= 0.6 is 0 Å². The zero-order valence-corrected chi connectivity index (χ0v) is 14.6. The molecule has 0 amide bonds. The lowest BCUT2D eigenvalue weighted by Crippen LogP contribution is -2.35. The lowest BCUT2D eigenvalue weighted by atomic mass is 9.68. The van der Waals surface area contributed by atoms with Crippen molar-refractivity contribution in [2.75, 3.05) is 5.32 Å². The second kappa shape index (κ2) is 5.77. The third-order valence-corrected chi connectivity index (χ3v) is 6.72. The number of hydrogen-bond acceptors (Lipinski definition) is 5. The number of non-ortho nitro benzene ring substituents is 2. The molecular weight excluding hydrogens is 346 g/mol. The lowest BCUT2D eigenvalue weighted by Gasteiger charge is -2.43. The number of nitrogens with zero attached hydrogens (tertiary/aromatic N) is 2. The van der Waals surface area contributed by atoms with E-state index in [4.69, 9.17) is 0 Å². The molecular formula is C20H19N3O4. The van der Waals surface area contributed by atoms with Gasteiger partial charge in [0.15, 0.2) is 0 Å². The van der Waals surface area contributed by atoms with E-state index in [9.17, 15) is 20.2 Å². The molecule has 3 unspecified atom stereocenters. The lowest BCUT2D eigenvalue weighted by molar-refractivity contribution is -0.385. The number of anilines is 1. The Kier molecular flexibility index (Phi) is 3.47. The number of benzene rings is 2. The molecule has 138 valence electrons. The largest absolute Gasteiger partial charge is 0.378 e. The predicted octanol–water partition coefficient (Wildman–Crippen LogP) is 4.80. The third-order valence-electron chi connectivity index (χ3n) is 6.72. The molecule has 3 aliphatic rings. The van der Waals surface area contributed by atoms with Crippen molar-refractivity contribution in [1.29, 1.82) is 0 Å². The van der Waals surface area contributed by atoms with Gasteiger partial charge in [-0.3, -0.25) is 20.2 Å². The van der Waals surface area contributed by atoms with Crippen LogP contribution in [-0.4, -0.2) is 9.85 Å². The number of hydrogen-bond donors (Lipinski definition) is 1. The molecule has 2 aromatic carbocycles. The van der Waals surface area contributed by atoms with E-state index in [2.05, 4.69) is 5.32 Å². The summed E-state index contributed by atoms with van der Waals surface area (Å²) in [6.07, 6.45) is 3.48. The Balaban J connectivity index is 1.62. The summed E-state index contributed by atoms with van der Waals surface area (Å²) in [5, 5.41) is 26.0. The third kappa shape index (κ3) is 2.41. The van der Waals surface area contributed by atoms with Crippen molar-refractivity contribution in [2.24, 2.45) is 17.8 Å². The Morgan fingerprint density at radius 1 is 0.926 bits per heavy atom. The maximum Gasteiger partial charge on any atom is 0.269 e. The molecule has 5 rings (SSSR count). The Bertz CT molecular complexity index is 960. The van der Waals surface area contributed by atoms with Crippen LogP contribution in [0.5, 0.6) is 0 Å². The summed E-state index contributed by atoms with van der Waals surface area (Å²) in [4.78, 5) is 21.8. The first-order valence-electron chi connectivity index (χ1n) is 9.32. The monoisotopic (exact) mass is 365 g/mol. The van der Waals surface area contributed by atoms with Crippen LogP contribution in [-0.2, 0) is 0 Å². The zero-order valence-electron chi connectivity index (χ0n) is 14.6. The molecule has 7 nitrogen and oxygen atoms in total. The number of rotatable bonds is 3. The Morgan fingerprint density at radius 3 is 2.44 bits per heavy atom. The molecule has 7 heteroatoms. The topological polar surface area (TPSA) is 98.3 Å². The van der Waals surface area contributed by atoms with Crippen LogP contribution in [0.2, 0.25) is 0 Å². The van der Waals surface area contributed by atoms with E-state index in [0.717, 1.165) is 29.7 Å². The quantitative estimate of drug-likeness (QED) is 0.622. The first-order chi connectivity index (χ1) is 13.0. The molecule has 0 spiro atoms. The highest BCUT2D eigenvalue weighted by Gasteiger charge is 2.54. The van der Waals surface area contributed by atoms with Crippen LogP contribution in [0.1, 0.15) is 42.3 Å². The van der Waals surface area contributed by atoms with Crippen molar-refractivity contribution < 1.29 is 9.85 Å². The van der Waals surface area contributed by atoms with Crippen LogP contribution in [0.3, 0.4) is 0 Å². The van der Waals surface area contributed by atoms with Crippen molar-refractivity contribution in [1.82, 2.24) is 0 Å². The number of nitro groups is 2. The van der Waals surface area contributed by atoms with Gasteiger partial charge in [-0.2, -0.15) is 0 Å². The van der Waals surface area contributed by atoms with Crippen LogP contribution in [0, 0.1) is 38.0 Å². The molecule has 27 heavy (non-hydrogen) atoms. The average molecular weight is 365 g/mol. The smallest absolute Gasteiger partial charge is 0.269 e. The van der Waals surface area contributed by atoms with Gasteiger partial charge in [-0.1, -0.05) is 12.1 Å². The minimum atomic E-state index is -0.359. The van der Waals surface area contributed by atoms with Gasteiger partial charge in [-0.05, 0) is 60.1 Å². The minimum Gasteiger partial charge on any atom is -0.378 e. The molecule has 2 aliphatic carbocycles. The van der Waals surface area contributed by atoms with Crippen molar-refractivity contribution in [3.8, 4) is 0 Å². The predicted molar refractivity (Wildman–Crippen MR) is 99.6 cm³/mol. The fourth-order valence-corrected chi connectivity index (χ4v) is 5.75. The van der Waals surface area contributed by atoms with Gasteiger partial charge in [-0.25, -0.2) is 0 Å². The molecule has 1 N–H and O–H groups in total. The standard InChI is InChI=1S/C20H19N3O4/c24-22(25)14-3-1-2-13(9-14)20-19-12-5-4-11(8-12)18(19)16-10-15(23(26)27)6-7-17(16)21-20/h1-3,6-7,9-12,18-21H,4-5,8H2/t11-,12+,18?,19?,20?/m1/s1. The van der Waals surface area contributed by atoms with E-state index >= 15 is 0 Å². The summed E-state index contributed by atoms with van der Waals surface area (Å²) in [5.74, 6) is 1.71. The van der Waals surface area contributed by atoms with Crippen LogP contribution in [0.15, 0.2) is 42.5 Å². The van der Waals surface area contributed by atoms with E-state index in [1.54, 1.807) is 24.3 Å². The summed E-state index contributed by atoms with van der Waals surface area (Å²) in [6, 6.07) is 11.9. The summed E-state index contributed by atoms with van der Waals surface area (Å²) < 4.78 is 0. The van der Waals surface area contributed by atoms with E-state index in [-0.39, 0.29) is 33.2 Å². The van der Waals surface area contributed by atoms with Gasteiger partial charge in [0.2, 0.25) is 0 Å². The van der Waals surface area contributed by atoms with Gasteiger partial charge in [0.25, 0.3) is 11.4 Å². The number of fused-ring (bicyclic) bond motifs is 7. The van der Waals surface area contributed by atoms with Crippen molar-refractivity contribution in [2.45, 2.75) is 31.2 Å². The van der Waals surface area contributed by atoms with Gasteiger partial charge in [-0.15, -0.1) is 0 Å². The number of nitrogens with one attached hydrogen (secondary N) is 1. The highest BCUT2D eigenvalue weighted by atomic mass is 16.6. The Morgan fingerprint density at radius 2 is 1.67 bits per heavy atom. The van der Waals surface area contributed by atoms with E-state index in [0.29, 0.717) is 17.8 Å². The zero-order chi connectivity index (χ0) is 18.7. The fraction of sp³-hybridized carbons (Fsp3) is 0.400. The van der Waals surface area contributed by atoms with E-state index in [1.807, 2.05) is 6.07 Å². The SMILES string of the molecule is O=[N+]([O-])c1cccc(C2Nc3ccc([N+](=O)[O-])cc3C3C2[C@H]2CC[C@@H]3C2)c1. The van der Waals surface area contributed by atoms with Crippen molar-refractivity contribution >= 4 is 17.1 Å². The highest BCUT2D eigenvalue weighted by Crippen LogP contribution is 2.64. The van der Waals surface area contributed by atoms with Gasteiger partial charge >= 0.3 is 0 Å². The Labute approximate surface area is 155 Å². The van der Waals surface area contributed by atoms with Gasteiger partial charge in [0.05, 0.1) is 15.9 Å². The molecule has 1 heterocycles. The first-order valence-corrected chi connectivity index (χ1v) is 9.32. The molecule has 5 atom stereocenters. The normalized spacial score (nSPS) is 30.3. The number of nitro benzene ring substituents is 2. The highest BCUT2D eigenvalue weighted by molar-refractivity contribution is 5.62. The molecule has 1 aliphatic heterocycles. The second-order valence-electron chi connectivity index (χ2n) is 7.94. The maximum absolute atomic E-state index is 11.2. The van der Waals surface area contributed by atoms with Gasteiger partial charge in [0, 0.05) is 30.0 Å². The molecule has 2 fully saturated rings. The average Bonchev–Trinajstić information content (AvgIpc) is 3.29. The summed E-state index contributed by atoms with van der Waals surface area (Å²) in [7, 11) is 0. The van der Waals surface area contributed by atoms with E-state index in [1.165, 1.54) is 18.6 Å². The van der Waals surface area contributed by atoms with Crippen LogP contribution < -0.4 is 5.32 Å². The van der Waals surface area contributed by atoms with Crippen LogP contribution in [0.4, 0.5) is 17.1 Å². The van der Waals surface area contributed by atoms with Crippen molar-refractivity contribution in [3.05, 3.63) is 73.8 Å². The van der Waals surface area contributed by atoms with Gasteiger partial charge in [0.1, 0.15) is 0 Å². The molecule has 0 radical (unpaired) electrons. The second-order valence-corrected chi connectivity index (χ2v) is 7.94. The van der Waals surface area contributed by atoms with Crippen LogP contribution in [0.25, 0.3) is 0 Å². The summed E-state index contributed by atoms with van der Waals surface area (Å²) in [6.45, 7) is 0. The minimum absolute atomic E-state index is 0.000781. The molecule has 0 aromatic heterocycles. The molecule has 0 saturated heterocycles. The maximum atomic E-state index is 11.2. The molecule has 2 aromatic rings. The van der Waals surface area contributed by atoms with Crippen molar-refractivity contribution in [3.63, 3.8) is 0 Å². The van der Waals surface area contributed by atoms with E-state index < -0.39 is 0 Å². The molecule has 2 bridgehead atoms. The Hall–Kier alpha value is -2.96. The molecule has 2 saturated carbocycles. The summed E-state index contributed by atoms with van der Waals surface area (Å²) in [5.41, 5.74) is 3.12. The van der Waals surface area contributed by atoms with Gasteiger partial charge < -0.3 is 5.32 Å². The summed E-state index contributed by atoms with van der Waals surface area (Å²) >= 11 is 0. The fourth-order valence-electron chi connectivity index (χ4n) is 5.75. The first kappa shape index (κ1) is 16.2.